The van der Waals surface area contributed by atoms with Crippen LogP contribution in [0.3, 0.4) is 0 Å². The van der Waals surface area contributed by atoms with Gasteiger partial charge < -0.3 is 15.2 Å². The number of carbonyl (C=O) groups is 1. The van der Waals surface area contributed by atoms with Crippen LogP contribution in [0.2, 0.25) is 10.0 Å². The Labute approximate surface area is 256 Å². The summed E-state index contributed by atoms with van der Waals surface area (Å²) in [5.41, 5.74) is -0.0178. The van der Waals surface area contributed by atoms with E-state index >= 15 is 0 Å². The van der Waals surface area contributed by atoms with Crippen molar-refractivity contribution in [1.29, 1.82) is 0 Å². The first kappa shape index (κ1) is 30.8. The first-order valence-corrected chi connectivity index (χ1v) is 13.4. The summed E-state index contributed by atoms with van der Waals surface area (Å²) in [6, 6.07) is 15.6. The fraction of sp³-hybridized carbons (Fsp3) is 0.115. The van der Waals surface area contributed by atoms with Gasteiger partial charge >= 0.3 is 29.6 Å². The van der Waals surface area contributed by atoms with Gasteiger partial charge in [0.1, 0.15) is 16.3 Å². The van der Waals surface area contributed by atoms with Gasteiger partial charge in [-0.25, -0.2) is 0 Å². The molecular weight excluding hydrogens is 576 g/mol. The minimum absolute atomic E-state index is 0. The number of amides is 1. The van der Waals surface area contributed by atoms with Gasteiger partial charge in [0.15, 0.2) is 0 Å². The molecule has 0 aliphatic rings. The molecule has 39 heavy (non-hydrogen) atoms. The van der Waals surface area contributed by atoms with Crippen LogP contribution in [0.15, 0.2) is 75.8 Å². The van der Waals surface area contributed by atoms with Crippen LogP contribution in [-0.4, -0.2) is 25.5 Å². The van der Waals surface area contributed by atoms with Crippen LogP contribution in [-0.2, 0) is 10.1 Å². The summed E-state index contributed by atoms with van der Waals surface area (Å²) in [5.74, 6) is -1.14. The van der Waals surface area contributed by atoms with Crippen LogP contribution >= 0.6 is 23.2 Å². The van der Waals surface area contributed by atoms with Crippen molar-refractivity contribution in [3.8, 4) is 11.5 Å². The number of ether oxygens (including phenoxy) is 1. The largest absolute Gasteiger partial charge is 1.00 e. The predicted molar refractivity (Wildman–Crippen MR) is 144 cm³/mol. The monoisotopic (exact) mass is 595 g/mol. The van der Waals surface area contributed by atoms with Crippen molar-refractivity contribution in [2.75, 3.05) is 11.9 Å². The van der Waals surface area contributed by atoms with Crippen LogP contribution < -0.4 is 44.7 Å². The molecule has 0 aliphatic heterocycles. The third kappa shape index (κ3) is 6.72. The third-order valence-electron chi connectivity index (χ3n) is 5.50. The number of halogens is 2. The molecule has 4 aromatic rings. The average Bonchev–Trinajstić information content (AvgIpc) is 2.86. The molecular formula is C26H20Cl2N3NaO6S. The number of fused-ring (bicyclic) bond motifs is 1. The first-order valence-electron chi connectivity index (χ1n) is 11.2. The SMILES string of the molecule is CCOc1cc(Cl)ccc1NC(=O)c1cc2ccccc2c(N=Nc2c(C)ccc(Cl)c2S(=O)(=O)O)c1[O-].[Na+]. The molecule has 0 atom stereocenters. The minimum Gasteiger partial charge on any atom is -0.870 e. The molecule has 0 unspecified atom stereocenters. The van der Waals surface area contributed by atoms with Crippen LogP contribution in [0.4, 0.5) is 17.1 Å². The minimum atomic E-state index is -4.76. The molecule has 4 rings (SSSR count). The number of nitrogens with one attached hydrogen (secondary N) is 1. The second-order valence-electron chi connectivity index (χ2n) is 8.07. The van der Waals surface area contributed by atoms with Crippen LogP contribution in [0.1, 0.15) is 22.8 Å². The van der Waals surface area contributed by atoms with E-state index in [1.807, 2.05) is 0 Å². The Morgan fingerprint density at radius 1 is 1.05 bits per heavy atom. The van der Waals surface area contributed by atoms with Gasteiger partial charge in [-0.05, 0) is 49.1 Å². The van der Waals surface area contributed by atoms with Gasteiger partial charge in [0.2, 0.25) is 0 Å². The van der Waals surface area contributed by atoms with E-state index in [2.05, 4.69) is 15.5 Å². The van der Waals surface area contributed by atoms with Gasteiger partial charge in [-0.1, -0.05) is 59.3 Å². The van der Waals surface area contributed by atoms with Crippen molar-refractivity contribution in [3.63, 3.8) is 0 Å². The molecule has 0 fully saturated rings. The van der Waals surface area contributed by atoms with Gasteiger partial charge in [0.25, 0.3) is 16.0 Å². The normalized spacial score (nSPS) is 11.4. The maximum absolute atomic E-state index is 13.5. The first-order chi connectivity index (χ1) is 18.0. The molecule has 13 heteroatoms. The molecule has 1 amide bonds. The number of azo groups is 1. The molecule has 0 spiro atoms. The fourth-order valence-corrected chi connectivity index (χ4v) is 5.12. The molecule has 0 heterocycles. The molecule has 0 aliphatic carbocycles. The molecule has 196 valence electrons. The second kappa shape index (κ2) is 12.6. The van der Waals surface area contributed by atoms with Crippen molar-refractivity contribution in [1.82, 2.24) is 0 Å². The summed E-state index contributed by atoms with van der Waals surface area (Å²) >= 11 is 12.0. The van der Waals surface area contributed by atoms with Crippen molar-refractivity contribution in [3.05, 3.63) is 81.8 Å². The van der Waals surface area contributed by atoms with Crippen LogP contribution in [0.5, 0.6) is 11.5 Å². The number of hydrogen-bond acceptors (Lipinski definition) is 7. The summed E-state index contributed by atoms with van der Waals surface area (Å²) in [6.45, 7) is 3.64. The van der Waals surface area contributed by atoms with Crippen LogP contribution in [0.25, 0.3) is 10.8 Å². The summed E-state index contributed by atoms with van der Waals surface area (Å²) in [6.07, 6.45) is 0. The molecule has 4 aromatic carbocycles. The van der Waals surface area contributed by atoms with Gasteiger partial charge in [-0.15, -0.1) is 5.11 Å². The number of benzene rings is 4. The molecule has 9 nitrogen and oxygen atoms in total. The number of hydrogen-bond donors (Lipinski definition) is 2. The van der Waals surface area contributed by atoms with E-state index in [1.54, 1.807) is 56.3 Å². The standard InChI is InChI=1S/C26H21Cl2N3O6S.Na/c1-3-37-21-13-16(27)9-11-20(21)29-26(33)18-12-15-6-4-5-7-17(15)23(24(18)32)31-30-22-14(2)8-10-19(28)25(22)38(34,35)36;/h4-13,32H,3H2,1-2H3,(H,29,33)(H,34,35,36);/q;+1/p-1. The topological polar surface area (TPSA) is 140 Å². The number of aryl methyl sites for hydroxylation is 1. The van der Waals surface area contributed by atoms with Crippen molar-refractivity contribution in [2.45, 2.75) is 18.7 Å². The van der Waals surface area contributed by atoms with E-state index < -0.39 is 26.7 Å². The predicted octanol–water partition coefficient (Wildman–Crippen LogP) is 3.85. The molecule has 0 saturated carbocycles. The van der Waals surface area contributed by atoms with E-state index in [0.29, 0.717) is 39.4 Å². The Balaban J connectivity index is 0.00000420. The van der Waals surface area contributed by atoms with Crippen molar-refractivity contribution < 1.29 is 57.2 Å². The Kier molecular flexibility index (Phi) is 10.0. The van der Waals surface area contributed by atoms with Gasteiger partial charge in [0, 0.05) is 22.0 Å². The maximum atomic E-state index is 13.5. The number of anilines is 1. The zero-order valence-electron chi connectivity index (χ0n) is 21.0. The molecule has 0 bridgehead atoms. The Bertz CT molecular complexity index is 1710. The summed E-state index contributed by atoms with van der Waals surface area (Å²) < 4.78 is 39.2. The van der Waals surface area contributed by atoms with E-state index in [1.165, 1.54) is 18.2 Å². The fourth-order valence-electron chi connectivity index (χ4n) is 3.76. The molecule has 2 N–H and O–H groups in total. The van der Waals surface area contributed by atoms with E-state index in [9.17, 15) is 22.9 Å². The maximum Gasteiger partial charge on any atom is 1.00 e. The van der Waals surface area contributed by atoms with Crippen molar-refractivity contribution in [2.24, 2.45) is 10.2 Å². The Morgan fingerprint density at radius 3 is 2.44 bits per heavy atom. The number of nitrogens with zero attached hydrogens (tertiary/aromatic N) is 2. The summed E-state index contributed by atoms with van der Waals surface area (Å²) in [7, 11) is -4.76. The Hall–Kier alpha value is -2.70. The summed E-state index contributed by atoms with van der Waals surface area (Å²) in [5, 5.41) is 25.2. The van der Waals surface area contributed by atoms with E-state index in [0.717, 1.165) is 0 Å². The molecule has 0 aromatic heterocycles. The van der Waals surface area contributed by atoms with Crippen LogP contribution in [0, 0.1) is 6.92 Å². The quantitative estimate of drug-likeness (QED) is 0.189. The molecule has 0 saturated heterocycles. The molecule has 0 radical (unpaired) electrons. The second-order valence-corrected chi connectivity index (χ2v) is 10.3. The smallest absolute Gasteiger partial charge is 0.870 e. The Morgan fingerprint density at radius 2 is 1.74 bits per heavy atom. The average molecular weight is 596 g/mol. The van der Waals surface area contributed by atoms with E-state index in [4.69, 9.17) is 27.9 Å². The van der Waals surface area contributed by atoms with Gasteiger partial charge in [-0.3, -0.25) is 9.35 Å². The number of carbonyl (C=O) groups excluding carboxylic acids is 1. The zero-order valence-corrected chi connectivity index (χ0v) is 25.4. The van der Waals surface area contributed by atoms with Gasteiger partial charge in [-0.2, -0.15) is 13.5 Å². The number of rotatable bonds is 7. The van der Waals surface area contributed by atoms with E-state index in [-0.39, 0.29) is 51.5 Å². The van der Waals surface area contributed by atoms with Crippen molar-refractivity contribution >= 4 is 67.1 Å². The van der Waals surface area contributed by atoms with Gasteiger partial charge in [0.05, 0.1) is 23.0 Å². The zero-order chi connectivity index (χ0) is 27.6. The third-order valence-corrected chi connectivity index (χ3v) is 7.10. The summed E-state index contributed by atoms with van der Waals surface area (Å²) in [4.78, 5) is 12.6.